The number of rotatable bonds is 8. The number of likely N-dealkylation sites (N-methyl/N-ethyl adjacent to an activating group) is 1. The van der Waals surface area contributed by atoms with Crippen LogP contribution in [0.2, 0.25) is 5.02 Å². The van der Waals surface area contributed by atoms with Crippen molar-refractivity contribution < 1.29 is 18.7 Å². The van der Waals surface area contributed by atoms with Crippen molar-refractivity contribution in [3.8, 4) is 5.75 Å². The van der Waals surface area contributed by atoms with Crippen LogP contribution in [0.25, 0.3) is 0 Å². The van der Waals surface area contributed by atoms with Gasteiger partial charge in [-0.25, -0.2) is 0 Å². The van der Waals surface area contributed by atoms with Crippen LogP contribution in [0.3, 0.4) is 0 Å². The van der Waals surface area contributed by atoms with Gasteiger partial charge in [-0.2, -0.15) is 0 Å². The molecule has 2 aromatic carbocycles. The van der Waals surface area contributed by atoms with Crippen molar-refractivity contribution in [3.05, 3.63) is 82.8 Å². The van der Waals surface area contributed by atoms with Crippen molar-refractivity contribution >= 4 is 29.1 Å². The van der Waals surface area contributed by atoms with E-state index in [9.17, 15) is 9.59 Å². The number of hydrogen-bond donors (Lipinski definition) is 1. The number of furan rings is 1. The number of hydrogen-bond acceptors (Lipinski definition) is 4. The fourth-order valence-electron chi connectivity index (χ4n) is 2.88. The summed E-state index contributed by atoms with van der Waals surface area (Å²) in [5.74, 6) is 0.177. The smallest absolute Gasteiger partial charge is 0.290 e. The Labute approximate surface area is 180 Å². The molecule has 3 aromatic rings. The zero-order valence-electron chi connectivity index (χ0n) is 16.9. The van der Waals surface area contributed by atoms with Gasteiger partial charge in [0.1, 0.15) is 18.9 Å². The minimum Gasteiger partial charge on any atom is -0.489 e. The number of amides is 2. The number of nitrogens with one attached hydrogen (secondary N) is 1. The van der Waals surface area contributed by atoms with Gasteiger partial charge in [0, 0.05) is 22.8 Å². The molecule has 0 fully saturated rings. The van der Waals surface area contributed by atoms with Crippen LogP contribution in [0.15, 0.2) is 65.3 Å². The molecule has 1 heterocycles. The highest BCUT2D eigenvalue weighted by atomic mass is 35.5. The van der Waals surface area contributed by atoms with Crippen LogP contribution in [0.1, 0.15) is 28.6 Å². The molecule has 2 amide bonds. The van der Waals surface area contributed by atoms with E-state index in [1.165, 1.54) is 11.2 Å². The summed E-state index contributed by atoms with van der Waals surface area (Å²) in [5.41, 5.74) is 2.12. The van der Waals surface area contributed by atoms with Gasteiger partial charge in [0.25, 0.3) is 5.91 Å². The molecule has 1 aromatic heterocycles. The molecule has 0 radical (unpaired) electrons. The molecule has 0 saturated heterocycles. The molecule has 6 nitrogen and oxygen atoms in total. The Morgan fingerprint density at radius 3 is 2.63 bits per heavy atom. The second-order valence-corrected chi connectivity index (χ2v) is 7.14. The van der Waals surface area contributed by atoms with E-state index in [-0.39, 0.29) is 30.7 Å². The zero-order chi connectivity index (χ0) is 21.5. The number of aryl methyl sites for hydroxylation is 1. The van der Waals surface area contributed by atoms with E-state index in [0.29, 0.717) is 28.6 Å². The topological polar surface area (TPSA) is 71.8 Å². The van der Waals surface area contributed by atoms with Gasteiger partial charge < -0.3 is 19.4 Å². The monoisotopic (exact) mass is 426 g/mol. The lowest BCUT2D eigenvalue weighted by atomic mass is 10.2. The molecule has 0 atom stereocenters. The van der Waals surface area contributed by atoms with E-state index < -0.39 is 0 Å². The third kappa shape index (κ3) is 5.42. The minimum atomic E-state index is -0.368. The van der Waals surface area contributed by atoms with Crippen LogP contribution in [0, 0.1) is 6.92 Å². The highest BCUT2D eigenvalue weighted by Gasteiger charge is 2.23. The quantitative estimate of drug-likeness (QED) is 0.554. The van der Waals surface area contributed by atoms with Gasteiger partial charge in [-0.05, 0) is 49.7 Å². The average Bonchev–Trinajstić information content (AvgIpc) is 3.22. The lowest BCUT2D eigenvalue weighted by molar-refractivity contribution is -0.116. The zero-order valence-corrected chi connectivity index (χ0v) is 17.6. The van der Waals surface area contributed by atoms with Crippen LogP contribution >= 0.6 is 11.6 Å². The van der Waals surface area contributed by atoms with Gasteiger partial charge >= 0.3 is 0 Å². The number of carbonyl (C=O) groups is 2. The van der Waals surface area contributed by atoms with Gasteiger partial charge in [-0.1, -0.05) is 35.9 Å². The first-order valence-corrected chi connectivity index (χ1v) is 9.95. The first kappa shape index (κ1) is 21.5. The molecule has 7 heteroatoms. The fraction of sp³-hybridized carbons (Fsp3) is 0.217. The van der Waals surface area contributed by atoms with E-state index in [0.717, 1.165) is 5.56 Å². The molecule has 0 saturated carbocycles. The van der Waals surface area contributed by atoms with Crippen molar-refractivity contribution in [1.82, 2.24) is 4.90 Å². The summed E-state index contributed by atoms with van der Waals surface area (Å²) < 4.78 is 11.1. The first-order valence-electron chi connectivity index (χ1n) is 9.57. The molecular formula is C23H23ClN2O4. The van der Waals surface area contributed by atoms with E-state index in [4.69, 9.17) is 20.8 Å². The summed E-state index contributed by atoms with van der Waals surface area (Å²) in [4.78, 5) is 26.9. The number of benzene rings is 2. The number of halogens is 1. The van der Waals surface area contributed by atoms with Gasteiger partial charge in [0.05, 0.1) is 6.26 Å². The maximum Gasteiger partial charge on any atom is 0.290 e. The summed E-state index contributed by atoms with van der Waals surface area (Å²) in [5, 5.41) is 3.33. The summed E-state index contributed by atoms with van der Waals surface area (Å²) in [7, 11) is 0. The molecule has 0 aliphatic rings. The number of nitrogens with zero attached hydrogens (tertiary/aromatic N) is 1. The van der Waals surface area contributed by atoms with E-state index >= 15 is 0 Å². The molecule has 3 rings (SSSR count). The Morgan fingerprint density at radius 2 is 1.90 bits per heavy atom. The molecule has 0 aliphatic heterocycles. The maximum atomic E-state index is 13.0. The van der Waals surface area contributed by atoms with E-state index in [1.54, 1.807) is 25.1 Å². The molecule has 0 spiro atoms. The van der Waals surface area contributed by atoms with Crippen LogP contribution in [-0.2, 0) is 11.4 Å². The van der Waals surface area contributed by atoms with Crippen molar-refractivity contribution in [2.45, 2.75) is 20.5 Å². The number of ether oxygens (including phenoxy) is 1. The second kappa shape index (κ2) is 9.98. The van der Waals surface area contributed by atoms with Crippen molar-refractivity contribution in [3.63, 3.8) is 0 Å². The molecule has 156 valence electrons. The van der Waals surface area contributed by atoms with Gasteiger partial charge in [0.2, 0.25) is 5.91 Å². The number of carbonyl (C=O) groups excluding carboxylic acids is 2. The third-order valence-corrected chi connectivity index (χ3v) is 4.79. The van der Waals surface area contributed by atoms with Crippen molar-refractivity contribution in [1.29, 1.82) is 0 Å². The van der Waals surface area contributed by atoms with E-state index in [2.05, 4.69) is 5.32 Å². The minimum absolute atomic E-state index is 0.110. The number of anilines is 1. The Hall–Kier alpha value is -3.25. The second-order valence-electron chi connectivity index (χ2n) is 6.70. The molecule has 30 heavy (non-hydrogen) atoms. The normalized spacial score (nSPS) is 10.5. The Kier molecular flexibility index (Phi) is 7.14. The van der Waals surface area contributed by atoms with E-state index in [1.807, 2.05) is 43.3 Å². The Balaban J connectivity index is 1.65. The summed E-state index contributed by atoms with van der Waals surface area (Å²) >= 11 is 6.00. The van der Waals surface area contributed by atoms with Crippen molar-refractivity contribution in [2.75, 3.05) is 18.4 Å². The molecule has 0 aliphatic carbocycles. The molecule has 0 bridgehead atoms. The van der Waals surface area contributed by atoms with Gasteiger partial charge in [-0.15, -0.1) is 0 Å². The third-order valence-electron chi connectivity index (χ3n) is 4.56. The summed E-state index contributed by atoms with van der Waals surface area (Å²) in [6, 6.07) is 16.3. The predicted molar refractivity (Wildman–Crippen MR) is 116 cm³/mol. The van der Waals surface area contributed by atoms with Crippen LogP contribution in [0.4, 0.5) is 5.69 Å². The lowest BCUT2D eigenvalue weighted by Gasteiger charge is -2.20. The van der Waals surface area contributed by atoms with Crippen LogP contribution < -0.4 is 10.1 Å². The predicted octanol–water partition coefficient (Wildman–Crippen LogP) is 4.92. The van der Waals surface area contributed by atoms with Gasteiger partial charge in [-0.3, -0.25) is 9.59 Å². The maximum absolute atomic E-state index is 13.0. The highest BCUT2D eigenvalue weighted by molar-refractivity contribution is 6.31. The van der Waals surface area contributed by atoms with Crippen LogP contribution in [-0.4, -0.2) is 29.8 Å². The average molecular weight is 427 g/mol. The lowest BCUT2D eigenvalue weighted by Crippen LogP contribution is -2.38. The van der Waals surface area contributed by atoms with Gasteiger partial charge in [0.15, 0.2) is 5.76 Å². The number of para-hydroxylation sites is 1. The molecule has 1 N–H and O–H groups in total. The fourth-order valence-corrected chi connectivity index (χ4v) is 3.05. The highest BCUT2D eigenvalue weighted by Crippen LogP contribution is 2.21. The first-order chi connectivity index (χ1) is 14.5. The SMILES string of the molecule is CCN(CC(=O)Nc1cc(Cl)ccc1C)C(=O)c1occc1COc1ccccc1. The molecular weight excluding hydrogens is 404 g/mol. The largest absolute Gasteiger partial charge is 0.489 e. The summed E-state index contributed by atoms with van der Waals surface area (Å²) in [6.45, 7) is 4.10. The Morgan fingerprint density at radius 1 is 1.13 bits per heavy atom. The molecule has 0 unspecified atom stereocenters. The van der Waals surface area contributed by atoms with Crippen LogP contribution in [0.5, 0.6) is 5.75 Å². The summed E-state index contributed by atoms with van der Waals surface area (Å²) in [6.07, 6.45) is 1.44. The Bertz CT molecular complexity index is 1020. The van der Waals surface area contributed by atoms with Crippen molar-refractivity contribution in [2.24, 2.45) is 0 Å². The standard InChI is InChI=1S/C23H23ClN2O4/c1-3-26(14-21(27)25-20-13-18(24)10-9-16(20)2)23(28)22-17(11-12-29-22)15-30-19-7-5-4-6-8-19/h4-13H,3,14-15H2,1-2H3,(H,25,27).